The highest BCUT2D eigenvalue weighted by Crippen LogP contribution is 2.42. The molecule has 0 unspecified atom stereocenters. The van der Waals surface area contributed by atoms with Gasteiger partial charge in [0.05, 0.1) is 0 Å². The molecule has 0 aliphatic rings. The van der Waals surface area contributed by atoms with Crippen molar-refractivity contribution in [3.63, 3.8) is 0 Å². The molecule has 0 aliphatic heterocycles. The summed E-state index contributed by atoms with van der Waals surface area (Å²) in [5, 5.41) is 29.1. The van der Waals surface area contributed by atoms with Crippen molar-refractivity contribution in [2.75, 3.05) is 13.2 Å². The Morgan fingerprint density at radius 1 is 0.500 bits per heavy atom. The maximum absolute atomic E-state index is 9.57. The number of aliphatic hydroxyl groups is 2. The van der Waals surface area contributed by atoms with Crippen LogP contribution in [0.1, 0.15) is 11.1 Å². The number of aliphatic hydroxyl groups excluding tert-OH is 2. The summed E-state index contributed by atoms with van der Waals surface area (Å²) in [4.78, 5) is 0. The number of fused-ring (bicyclic) bond motifs is 2. The molecule has 0 amide bonds. The van der Waals surface area contributed by atoms with Crippen LogP contribution in [0.15, 0.2) is 60.7 Å². The first kappa shape index (κ1) is 15.6. The molecule has 128 valence electrons. The van der Waals surface area contributed by atoms with Crippen LogP contribution < -0.4 is 0 Å². The van der Waals surface area contributed by atoms with Crippen LogP contribution in [0.3, 0.4) is 0 Å². The molecule has 5 aromatic rings. The molecule has 2 heteroatoms. The molecular formula is C24H20O2. The highest BCUT2D eigenvalue weighted by Gasteiger charge is 2.16. The molecule has 0 radical (unpaired) electrons. The lowest BCUT2D eigenvalue weighted by Crippen LogP contribution is -1.97. The van der Waals surface area contributed by atoms with E-state index in [1.807, 2.05) is 0 Å². The van der Waals surface area contributed by atoms with Gasteiger partial charge in [-0.2, -0.15) is 0 Å². The summed E-state index contributed by atoms with van der Waals surface area (Å²) in [6, 6.07) is 21.6. The van der Waals surface area contributed by atoms with E-state index in [9.17, 15) is 10.2 Å². The smallest absolute Gasteiger partial charge is 0.0471 e. The van der Waals surface area contributed by atoms with E-state index in [1.165, 1.54) is 54.2 Å². The third kappa shape index (κ3) is 2.06. The first-order valence-electron chi connectivity index (χ1n) is 9.15. The van der Waals surface area contributed by atoms with E-state index in [4.69, 9.17) is 0 Å². The second-order valence-corrected chi connectivity index (χ2v) is 6.95. The van der Waals surface area contributed by atoms with Crippen LogP contribution in [-0.4, -0.2) is 23.4 Å². The normalized spacial score (nSPS) is 12.1. The maximum atomic E-state index is 9.57. The highest BCUT2D eigenvalue weighted by atomic mass is 16.3. The molecule has 5 aromatic carbocycles. The summed E-state index contributed by atoms with van der Waals surface area (Å²) >= 11 is 0. The van der Waals surface area contributed by atoms with Crippen LogP contribution in [-0.2, 0) is 12.8 Å². The molecule has 0 aliphatic carbocycles. The summed E-state index contributed by atoms with van der Waals surface area (Å²) < 4.78 is 0. The van der Waals surface area contributed by atoms with E-state index in [0.29, 0.717) is 12.8 Å². The Bertz CT molecular complexity index is 1250. The molecule has 0 heterocycles. The lowest BCUT2D eigenvalue weighted by Gasteiger charge is -2.18. The first-order chi connectivity index (χ1) is 12.8. The van der Waals surface area contributed by atoms with Crippen LogP contribution in [0.25, 0.3) is 43.1 Å². The standard InChI is InChI=1S/C24H20O2/c25-13-11-15-9-10-20-19-5-1-3-16-7-8-17(12-14-26)23(22(16)19)21-6-2-4-18(15)24(20)21/h1-10,25-26H,11-14H2. The highest BCUT2D eigenvalue weighted by molar-refractivity contribution is 6.33. The molecule has 0 bridgehead atoms. The number of hydrogen-bond donors (Lipinski definition) is 2. The van der Waals surface area contributed by atoms with Crippen LogP contribution in [0.5, 0.6) is 0 Å². The van der Waals surface area contributed by atoms with Crippen molar-refractivity contribution in [1.82, 2.24) is 0 Å². The Labute approximate surface area is 151 Å². The second-order valence-electron chi connectivity index (χ2n) is 6.95. The van der Waals surface area contributed by atoms with Gasteiger partial charge in [0.2, 0.25) is 0 Å². The minimum absolute atomic E-state index is 0.147. The monoisotopic (exact) mass is 340 g/mol. The van der Waals surface area contributed by atoms with E-state index in [0.717, 1.165) is 0 Å². The topological polar surface area (TPSA) is 40.5 Å². The molecule has 2 nitrogen and oxygen atoms in total. The first-order valence-corrected chi connectivity index (χ1v) is 9.15. The van der Waals surface area contributed by atoms with E-state index in [1.54, 1.807) is 0 Å². The molecule has 0 fully saturated rings. The molecule has 0 spiro atoms. The zero-order valence-corrected chi connectivity index (χ0v) is 14.5. The molecule has 0 saturated carbocycles. The van der Waals surface area contributed by atoms with Crippen molar-refractivity contribution in [1.29, 1.82) is 0 Å². The van der Waals surface area contributed by atoms with E-state index < -0.39 is 0 Å². The minimum Gasteiger partial charge on any atom is -0.396 e. The molecule has 2 N–H and O–H groups in total. The zero-order valence-electron chi connectivity index (χ0n) is 14.5. The predicted molar refractivity (Wildman–Crippen MR) is 109 cm³/mol. The van der Waals surface area contributed by atoms with Gasteiger partial charge in [-0.1, -0.05) is 60.7 Å². The Morgan fingerprint density at radius 2 is 1.15 bits per heavy atom. The largest absolute Gasteiger partial charge is 0.396 e. The van der Waals surface area contributed by atoms with Crippen LogP contribution in [0.4, 0.5) is 0 Å². The SMILES string of the molecule is OCCc1ccc2c3cccc4ccc(CCO)c(c5cccc1c25)c43. The fraction of sp³-hybridized carbons (Fsp3) is 0.167. The Balaban J connectivity index is 2.09. The van der Waals surface area contributed by atoms with E-state index >= 15 is 0 Å². The van der Waals surface area contributed by atoms with Gasteiger partial charge < -0.3 is 10.2 Å². The number of hydrogen-bond acceptors (Lipinski definition) is 2. The average Bonchev–Trinajstić information content (AvgIpc) is 2.68. The fourth-order valence-corrected chi connectivity index (χ4v) is 4.52. The van der Waals surface area contributed by atoms with Gasteiger partial charge in [0.25, 0.3) is 0 Å². The van der Waals surface area contributed by atoms with Gasteiger partial charge in [-0.15, -0.1) is 0 Å². The Kier molecular flexibility index (Phi) is 3.56. The average molecular weight is 340 g/mol. The lowest BCUT2D eigenvalue weighted by atomic mass is 9.86. The number of rotatable bonds is 4. The van der Waals surface area contributed by atoms with Crippen molar-refractivity contribution in [3.05, 3.63) is 71.8 Å². The molecular weight excluding hydrogens is 320 g/mol. The van der Waals surface area contributed by atoms with Gasteiger partial charge in [-0.05, 0) is 67.1 Å². The summed E-state index contributed by atoms with van der Waals surface area (Å²) in [6.45, 7) is 0.300. The van der Waals surface area contributed by atoms with Gasteiger partial charge in [-0.3, -0.25) is 0 Å². The Morgan fingerprint density at radius 3 is 2.00 bits per heavy atom. The van der Waals surface area contributed by atoms with E-state index in [-0.39, 0.29) is 13.2 Å². The minimum atomic E-state index is 0.147. The molecule has 0 atom stereocenters. The summed E-state index contributed by atoms with van der Waals surface area (Å²) in [6.07, 6.45) is 1.32. The zero-order chi connectivity index (χ0) is 17.7. The van der Waals surface area contributed by atoms with Gasteiger partial charge >= 0.3 is 0 Å². The molecule has 26 heavy (non-hydrogen) atoms. The van der Waals surface area contributed by atoms with Crippen molar-refractivity contribution in [2.45, 2.75) is 12.8 Å². The molecule has 5 rings (SSSR count). The van der Waals surface area contributed by atoms with Crippen LogP contribution >= 0.6 is 0 Å². The van der Waals surface area contributed by atoms with Gasteiger partial charge in [-0.25, -0.2) is 0 Å². The molecule has 0 aromatic heterocycles. The second kappa shape index (κ2) is 5.94. The quantitative estimate of drug-likeness (QED) is 0.364. The third-order valence-electron chi connectivity index (χ3n) is 5.58. The molecule has 0 saturated heterocycles. The van der Waals surface area contributed by atoms with Crippen molar-refractivity contribution >= 4 is 43.1 Å². The predicted octanol–water partition coefficient (Wildman–Crippen LogP) is 4.81. The summed E-state index contributed by atoms with van der Waals surface area (Å²) in [7, 11) is 0. The third-order valence-corrected chi connectivity index (χ3v) is 5.58. The van der Waals surface area contributed by atoms with Crippen molar-refractivity contribution < 1.29 is 10.2 Å². The van der Waals surface area contributed by atoms with E-state index in [2.05, 4.69) is 60.7 Å². The summed E-state index contributed by atoms with van der Waals surface area (Å²) in [5.74, 6) is 0. The van der Waals surface area contributed by atoms with Crippen LogP contribution in [0.2, 0.25) is 0 Å². The lowest BCUT2D eigenvalue weighted by molar-refractivity contribution is 0.299. The number of benzene rings is 5. The Hall–Kier alpha value is -2.68. The van der Waals surface area contributed by atoms with Gasteiger partial charge in [0.15, 0.2) is 0 Å². The van der Waals surface area contributed by atoms with Crippen molar-refractivity contribution in [3.8, 4) is 0 Å². The van der Waals surface area contributed by atoms with Crippen molar-refractivity contribution in [2.24, 2.45) is 0 Å². The van der Waals surface area contributed by atoms with Crippen LogP contribution in [0, 0.1) is 0 Å². The summed E-state index contributed by atoms with van der Waals surface area (Å²) in [5.41, 5.74) is 2.38. The maximum Gasteiger partial charge on any atom is 0.0471 e. The van der Waals surface area contributed by atoms with Gasteiger partial charge in [0.1, 0.15) is 0 Å². The fourth-order valence-electron chi connectivity index (χ4n) is 4.52. The van der Waals surface area contributed by atoms with Gasteiger partial charge in [0, 0.05) is 13.2 Å².